The van der Waals surface area contributed by atoms with Gasteiger partial charge in [-0.3, -0.25) is 9.59 Å². The molecule has 1 N–H and O–H groups in total. The van der Waals surface area contributed by atoms with Gasteiger partial charge in [-0.15, -0.1) is 11.6 Å². The number of urea groups is 1. The van der Waals surface area contributed by atoms with Crippen LogP contribution in [0.25, 0.3) is 0 Å². The third kappa shape index (κ3) is 3.78. The predicted octanol–water partition coefficient (Wildman–Crippen LogP) is 2.06. The first-order valence-electron chi connectivity index (χ1n) is 7.10. The fourth-order valence-corrected chi connectivity index (χ4v) is 2.82. The second-order valence-corrected chi connectivity index (χ2v) is 6.13. The van der Waals surface area contributed by atoms with Crippen LogP contribution in [0, 0.1) is 0 Å². The van der Waals surface area contributed by atoms with Gasteiger partial charge in [-0.2, -0.15) is 13.2 Å². The summed E-state index contributed by atoms with van der Waals surface area (Å²) in [5, 5.41) is 1.41. The molecule has 3 unspecified atom stereocenters. The van der Waals surface area contributed by atoms with Crippen molar-refractivity contribution in [2.45, 2.75) is 37.0 Å². The topological polar surface area (TPSA) is 69.7 Å². The molecule has 25 heavy (non-hydrogen) atoms. The van der Waals surface area contributed by atoms with Gasteiger partial charge < -0.3 is 10.2 Å². The first-order valence-corrected chi connectivity index (χ1v) is 7.54. The lowest BCUT2D eigenvalue weighted by Crippen LogP contribution is -2.59. The van der Waals surface area contributed by atoms with Crippen molar-refractivity contribution in [1.82, 2.24) is 15.1 Å². The van der Waals surface area contributed by atoms with Gasteiger partial charge in [0.2, 0.25) is 11.8 Å². The number of halogens is 5. The maximum atomic E-state index is 14.2. The number of carbonyl (C=O) groups excluding carboxylic acids is 3. The van der Waals surface area contributed by atoms with Crippen LogP contribution in [0.15, 0.2) is 23.7 Å². The largest absolute Gasteiger partial charge is 0.409 e. The molecule has 1 aliphatic heterocycles. The van der Waals surface area contributed by atoms with Crippen LogP contribution in [0.5, 0.6) is 0 Å². The highest BCUT2D eigenvalue weighted by atomic mass is 35.5. The molecule has 1 saturated heterocycles. The molecule has 0 spiro atoms. The summed E-state index contributed by atoms with van der Waals surface area (Å²) >= 11 is 5.89. The second kappa shape index (κ2) is 6.66. The van der Waals surface area contributed by atoms with Crippen molar-refractivity contribution in [3.8, 4) is 0 Å². The van der Waals surface area contributed by atoms with E-state index < -0.39 is 59.4 Å². The minimum Gasteiger partial charge on any atom is -0.348 e. The number of rotatable bonds is 2. The molecule has 2 rings (SSSR count). The van der Waals surface area contributed by atoms with E-state index in [1.165, 1.54) is 6.92 Å². The summed E-state index contributed by atoms with van der Waals surface area (Å²) in [6, 6.07) is -4.53. The average Bonchev–Trinajstić information content (AvgIpc) is 2.45. The second-order valence-electron chi connectivity index (χ2n) is 5.62. The molecule has 3 atom stereocenters. The number of hydrogen-bond acceptors (Lipinski definition) is 3. The number of imide groups is 1. The molecule has 0 aromatic rings. The van der Waals surface area contributed by atoms with Crippen LogP contribution in [0.4, 0.5) is 22.4 Å². The molecular formula is C14H14ClF4N3O3. The first-order chi connectivity index (χ1) is 11.4. The maximum absolute atomic E-state index is 14.2. The molecule has 2 aliphatic rings. The van der Waals surface area contributed by atoms with Gasteiger partial charge in [0.15, 0.2) is 0 Å². The van der Waals surface area contributed by atoms with Crippen molar-refractivity contribution >= 4 is 29.4 Å². The molecule has 138 valence electrons. The van der Waals surface area contributed by atoms with E-state index in [2.05, 4.69) is 5.32 Å². The number of nitrogens with zero attached hydrogens (tertiary/aromatic N) is 2. The fourth-order valence-electron chi connectivity index (χ4n) is 2.57. The zero-order chi connectivity index (χ0) is 19.1. The Morgan fingerprint density at radius 3 is 2.44 bits per heavy atom. The summed E-state index contributed by atoms with van der Waals surface area (Å²) < 4.78 is 52.9. The van der Waals surface area contributed by atoms with E-state index in [0.29, 0.717) is 9.80 Å². The van der Waals surface area contributed by atoms with Crippen LogP contribution in [0.3, 0.4) is 0 Å². The Kier molecular flexibility index (Phi) is 5.12. The molecule has 0 aromatic heterocycles. The van der Waals surface area contributed by atoms with Gasteiger partial charge in [0.05, 0.1) is 23.5 Å². The van der Waals surface area contributed by atoms with E-state index >= 15 is 0 Å². The molecule has 0 aromatic carbocycles. The van der Waals surface area contributed by atoms with Crippen molar-refractivity contribution in [2.75, 3.05) is 7.05 Å². The average molecular weight is 384 g/mol. The molecule has 6 nitrogen and oxygen atoms in total. The van der Waals surface area contributed by atoms with Gasteiger partial charge in [-0.05, 0) is 12.2 Å². The van der Waals surface area contributed by atoms with Crippen molar-refractivity contribution in [3.05, 3.63) is 23.7 Å². The number of nitrogens with one attached hydrogen (secondary N) is 1. The van der Waals surface area contributed by atoms with Crippen LogP contribution < -0.4 is 5.32 Å². The summed E-state index contributed by atoms with van der Waals surface area (Å²) in [6.45, 7) is 1.19. The maximum Gasteiger partial charge on any atom is 0.409 e. The Bertz CT molecular complexity index is 677. The van der Waals surface area contributed by atoms with Crippen LogP contribution >= 0.6 is 11.6 Å². The molecule has 1 heterocycles. The SMILES string of the molecule is CC(=O)NC1C=C(N2C(=O)CC(C(F)(F)F)N(C)C2=O)C(F)=CC1Cl. The number of alkyl halides is 4. The Hall–Kier alpha value is -2.10. The summed E-state index contributed by atoms with van der Waals surface area (Å²) in [6.07, 6.45) is -3.92. The van der Waals surface area contributed by atoms with Crippen molar-refractivity contribution in [2.24, 2.45) is 0 Å². The molecule has 1 aliphatic carbocycles. The Balaban J connectivity index is 2.36. The quantitative estimate of drug-likeness (QED) is 0.586. The first kappa shape index (κ1) is 19.2. The van der Waals surface area contributed by atoms with E-state index in [4.69, 9.17) is 11.6 Å². The summed E-state index contributed by atoms with van der Waals surface area (Å²) in [4.78, 5) is 36.1. The number of allylic oxidation sites excluding steroid dienone is 1. The molecule has 4 amide bonds. The summed E-state index contributed by atoms with van der Waals surface area (Å²) in [5.74, 6) is -2.73. The molecule has 1 fully saturated rings. The minimum absolute atomic E-state index is 0.325. The van der Waals surface area contributed by atoms with Crippen molar-refractivity contribution in [3.63, 3.8) is 0 Å². The van der Waals surface area contributed by atoms with E-state index in [1.54, 1.807) is 0 Å². The van der Waals surface area contributed by atoms with Gasteiger partial charge in [-0.25, -0.2) is 14.1 Å². The van der Waals surface area contributed by atoms with Gasteiger partial charge >= 0.3 is 12.2 Å². The Morgan fingerprint density at radius 1 is 1.32 bits per heavy atom. The van der Waals surface area contributed by atoms with E-state index in [1.807, 2.05) is 0 Å². The van der Waals surface area contributed by atoms with Crippen LogP contribution in [-0.4, -0.2) is 58.3 Å². The van der Waals surface area contributed by atoms with Crippen LogP contribution in [0.2, 0.25) is 0 Å². The fraction of sp³-hybridized carbons (Fsp3) is 0.500. The lowest BCUT2D eigenvalue weighted by Gasteiger charge is -2.40. The molecule has 0 bridgehead atoms. The summed E-state index contributed by atoms with van der Waals surface area (Å²) in [5.41, 5.74) is -0.543. The normalized spacial score (nSPS) is 27.9. The Morgan fingerprint density at radius 2 is 1.92 bits per heavy atom. The molecular weight excluding hydrogens is 370 g/mol. The lowest BCUT2D eigenvalue weighted by molar-refractivity contribution is -0.184. The van der Waals surface area contributed by atoms with Crippen molar-refractivity contribution in [1.29, 1.82) is 0 Å². The molecule has 0 radical (unpaired) electrons. The van der Waals surface area contributed by atoms with Gasteiger partial charge in [0.1, 0.15) is 11.9 Å². The van der Waals surface area contributed by atoms with Gasteiger partial charge in [0.25, 0.3) is 0 Å². The zero-order valence-electron chi connectivity index (χ0n) is 13.1. The zero-order valence-corrected chi connectivity index (χ0v) is 13.9. The van der Waals surface area contributed by atoms with Gasteiger partial charge in [0, 0.05) is 14.0 Å². The highest BCUT2D eigenvalue weighted by Crippen LogP contribution is 2.35. The van der Waals surface area contributed by atoms with Crippen molar-refractivity contribution < 1.29 is 31.9 Å². The highest BCUT2D eigenvalue weighted by Gasteiger charge is 2.51. The van der Waals surface area contributed by atoms with Gasteiger partial charge in [-0.1, -0.05) is 0 Å². The van der Waals surface area contributed by atoms with E-state index in [-0.39, 0.29) is 0 Å². The smallest absolute Gasteiger partial charge is 0.348 e. The highest BCUT2D eigenvalue weighted by molar-refractivity contribution is 6.22. The van der Waals surface area contributed by atoms with E-state index in [9.17, 15) is 31.9 Å². The standard InChI is InChI=1S/C14H14ClF4N3O3/c1-6(23)20-9-4-10(8(16)3-7(9)15)22-12(24)5-11(14(17,18)19)21(2)13(22)25/h3-4,7,9,11H,5H2,1-2H3,(H,20,23). The minimum atomic E-state index is -4.79. The number of amides is 4. The van der Waals surface area contributed by atoms with Crippen LogP contribution in [-0.2, 0) is 9.59 Å². The Labute approximate surface area is 145 Å². The third-order valence-electron chi connectivity index (χ3n) is 3.80. The van der Waals surface area contributed by atoms with E-state index in [0.717, 1.165) is 19.2 Å². The molecule has 0 saturated carbocycles. The third-order valence-corrected chi connectivity index (χ3v) is 4.19. The predicted molar refractivity (Wildman–Crippen MR) is 79.0 cm³/mol. The van der Waals surface area contributed by atoms with Crippen LogP contribution in [0.1, 0.15) is 13.3 Å². The molecule has 11 heteroatoms. The summed E-state index contributed by atoms with van der Waals surface area (Å²) in [7, 11) is 0.876. The number of hydrogen-bond donors (Lipinski definition) is 1. The monoisotopic (exact) mass is 383 g/mol. The lowest BCUT2D eigenvalue weighted by atomic mass is 10.0. The number of carbonyl (C=O) groups is 3.